The van der Waals surface area contributed by atoms with E-state index >= 15 is 0 Å². The molecule has 0 fully saturated rings. The molecule has 0 aliphatic rings. The molecular formula is C17H30IN3O2. The van der Waals surface area contributed by atoms with Crippen LogP contribution in [0.15, 0.2) is 29.3 Å². The van der Waals surface area contributed by atoms with E-state index in [0.717, 1.165) is 44.4 Å². The van der Waals surface area contributed by atoms with E-state index in [0.29, 0.717) is 6.61 Å². The Morgan fingerprint density at radius 3 is 2.43 bits per heavy atom. The van der Waals surface area contributed by atoms with E-state index in [-0.39, 0.29) is 24.0 Å². The van der Waals surface area contributed by atoms with E-state index in [4.69, 9.17) is 9.47 Å². The van der Waals surface area contributed by atoms with Gasteiger partial charge in [-0.3, -0.25) is 4.99 Å². The predicted molar refractivity (Wildman–Crippen MR) is 107 cm³/mol. The van der Waals surface area contributed by atoms with Gasteiger partial charge in [-0.05, 0) is 38.0 Å². The summed E-state index contributed by atoms with van der Waals surface area (Å²) >= 11 is 0. The molecule has 1 N–H and O–H groups in total. The summed E-state index contributed by atoms with van der Waals surface area (Å²) in [7, 11) is 3.84. The first kappa shape index (κ1) is 22.0. The molecule has 0 heterocycles. The minimum atomic E-state index is 0. The SMILES string of the molecule is CCOCCCNC(=NC)N(C)Cc1ccc(OCC)cc1.I. The molecule has 1 aromatic carbocycles. The van der Waals surface area contributed by atoms with E-state index in [2.05, 4.69) is 27.3 Å². The summed E-state index contributed by atoms with van der Waals surface area (Å²) < 4.78 is 10.8. The largest absolute Gasteiger partial charge is 0.494 e. The highest BCUT2D eigenvalue weighted by molar-refractivity contribution is 14.0. The van der Waals surface area contributed by atoms with Crippen molar-refractivity contribution in [1.29, 1.82) is 0 Å². The van der Waals surface area contributed by atoms with Crippen molar-refractivity contribution in [2.45, 2.75) is 26.8 Å². The van der Waals surface area contributed by atoms with Gasteiger partial charge in [0.25, 0.3) is 0 Å². The summed E-state index contributed by atoms with van der Waals surface area (Å²) in [5, 5.41) is 3.35. The standard InChI is InChI=1S/C17H29N3O2.HI/c1-5-21-13-7-12-19-17(18-3)20(4)14-15-8-10-16(11-9-15)22-6-2;/h8-11H,5-7,12-14H2,1-4H3,(H,18,19);1H. The molecule has 0 spiro atoms. The molecule has 0 amide bonds. The maximum Gasteiger partial charge on any atom is 0.193 e. The Morgan fingerprint density at radius 2 is 1.87 bits per heavy atom. The summed E-state index contributed by atoms with van der Waals surface area (Å²) in [6, 6.07) is 8.18. The third-order valence-corrected chi connectivity index (χ3v) is 3.18. The molecule has 0 atom stereocenters. The summed E-state index contributed by atoms with van der Waals surface area (Å²) in [6.45, 7) is 7.91. The van der Waals surface area contributed by atoms with Crippen LogP contribution < -0.4 is 10.1 Å². The zero-order valence-corrected chi connectivity index (χ0v) is 17.0. The van der Waals surface area contributed by atoms with Gasteiger partial charge >= 0.3 is 0 Å². The molecule has 0 aliphatic carbocycles. The first-order valence-electron chi connectivity index (χ1n) is 7.92. The lowest BCUT2D eigenvalue weighted by Gasteiger charge is -2.22. The Balaban J connectivity index is 0.00000484. The average Bonchev–Trinajstić information content (AvgIpc) is 2.53. The van der Waals surface area contributed by atoms with E-state index in [1.807, 2.05) is 33.0 Å². The normalized spacial score (nSPS) is 10.9. The van der Waals surface area contributed by atoms with Crippen molar-refractivity contribution in [2.24, 2.45) is 4.99 Å². The Kier molecular flexibility index (Phi) is 12.8. The zero-order valence-electron chi connectivity index (χ0n) is 14.7. The maximum atomic E-state index is 5.46. The second-order valence-corrected chi connectivity index (χ2v) is 4.96. The number of hydrogen-bond donors (Lipinski definition) is 1. The molecule has 0 aliphatic heterocycles. The highest BCUT2D eigenvalue weighted by atomic mass is 127. The van der Waals surface area contributed by atoms with Crippen LogP contribution in [-0.4, -0.2) is 51.3 Å². The number of guanidine groups is 1. The number of ether oxygens (including phenoxy) is 2. The van der Waals surface area contributed by atoms with Crippen LogP contribution in [0, 0.1) is 0 Å². The van der Waals surface area contributed by atoms with E-state index in [1.165, 1.54) is 5.56 Å². The average molecular weight is 435 g/mol. The molecule has 0 saturated heterocycles. The summed E-state index contributed by atoms with van der Waals surface area (Å²) in [5.74, 6) is 1.80. The van der Waals surface area contributed by atoms with Gasteiger partial charge in [-0.1, -0.05) is 12.1 Å². The van der Waals surface area contributed by atoms with Gasteiger partial charge in [-0.15, -0.1) is 24.0 Å². The number of aliphatic imine (C=N–C) groups is 1. The van der Waals surface area contributed by atoms with Crippen LogP contribution in [-0.2, 0) is 11.3 Å². The van der Waals surface area contributed by atoms with Crippen LogP contribution >= 0.6 is 24.0 Å². The van der Waals surface area contributed by atoms with Crippen LogP contribution in [0.3, 0.4) is 0 Å². The molecule has 0 aromatic heterocycles. The van der Waals surface area contributed by atoms with Gasteiger partial charge in [0.1, 0.15) is 5.75 Å². The topological polar surface area (TPSA) is 46.1 Å². The van der Waals surface area contributed by atoms with Gasteiger partial charge in [0.05, 0.1) is 6.61 Å². The van der Waals surface area contributed by atoms with Crippen LogP contribution in [0.5, 0.6) is 5.75 Å². The van der Waals surface area contributed by atoms with Gasteiger partial charge in [-0.2, -0.15) is 0 Å². The first-order chi connectivity index (χ1) is 10.7. The van der Waals surface area contributed by atoms with Gasteiger partial charge < -0.3 is 19.7 Å². The summed E-state index contributed by atoms with van der Waals surface area (Å²) in [4.78, 5) is 6.42. The van der Waals surface area contributed by atoms with Crippen LogP contribution in [0.1, 0.15) is 25.8 Å². The number of benzene rings is 1. The van der Waals surface area contributed by atoms with Gasteiger partial charge in [-0.25, -0.2) is 0 Å². The first-order valence-corrected chi connectivity index (χ1v) is 7.92. The number of halogens is 1. The van der Waals surface area contributed by atoms with Gasteiger partial charge in [0, 0.05) is 40.4 Å². The summed E-state index contributed by atoms with van der Waals surface area (Å²) in [6.07, 6.45) is 0.976. The van der Waals surface area contributed by atoms with Gasteiger partial charge in [0.2, 0.25) is 0 Å². The fourth-order valence-electron chi connectivity index (χ4n) is 2.11. The maximum absolute atomic E-state index is 5.46. The van der Waals surface area contributed by atoms with E-state index < -0.39 is 0 Å². The minimum Gasteiger partial charge on any atom is -0.494 e. The number of nitrogens with one attached hydrogen (secondary N) is 1. The second kappa shape index (κ2) is 13.4. The lowest BCUT2D eigenvalue weighted by atomic mass is 10.2. The van der Waals surface area contributed by atoms with Crippen molar-refractivity contribution in [3.8, 4) is 5.75 Å². The number of nitrogens with zero attached hydrogens (tertiary/aromatic N) is 2. The molecule has 0 bridgehead atoms. The van der Waals surface area contributed by atoms with Crippen molar-refractivity contribution in [3.05, 3.63) is 29.8 Å². The number of hydrogen-bond acceptors (Lipinski definition) is 3. The molecule has 5 nitrogen and oxygen atoms in total. The second-order valence-electron chi connectivity index (χ2n) is 4.96. The molecule has 6 heteroatoms. The predicted octanol–water partition coefficient (Wildman–Crippen LogP) is 3.14. The Morgan fingerprint density at radius 1 is 1.17 bits per heavy atom. The number of rotatable bonds is 9. The fraction of sp³-hybridized carbons (Fsp3) is 0.588. The lowest BCUT2D eigenvalue weighted by molar-refractivity contribution is 0.145. The van der Waals surface area contributed by atoms with Crippen LogP contribution in [0.4, 0.5) is 0 Å². The van der Waals surface area contributed by atoms with Gasteiger partial charge in [0.15, 0.2) is 5.96 Å². The smallest absolute Gasteiger partial charge is 0.193 e. The lowest BCUT2D eigenvalue weighted by Crippen LogP contribution is -2.39. The third kappa shape index (κ3) is 9.00. The van der Waals surface area contributed by atoms with E-state index in [9.17, 15) is 0 Å². The zero-order chi connectivity index (χ0) is 16.2. The summed E-state index contributed by atoms with van der Waals surface area (Å²) in [5.41, 5.74) is 1.23. The monoisotopic (exact) mass is 435 g/mol. The highest BCUT2D eigenvalue weighted by Crippen LogP contribution is 2.13. The van der Waals surface area contributed by atoms with Crippen molar-refractivity contribution in [2.75, 3.05) is 40.5 Å². The Labute approximate surface area is 157 Å². The van der Waals surface area contributed by atoms with Crippen molar-refractivity contribution in [3.63, 3.8) is 0 Å². The molecule has 1 rings (SSSR count). The van der Waals surface area contributed by atoms with Crippen molar-refractivity contribution in [1.82, 2.24) is 10.2 Å². The van der Waals surface area contributed by atoms with Crippen LogP contribution in [0.25, 0.3) is 0 Å². The molecule has 0 radical (unpaired) electrons. The molecule has 1 aromatic rings. The van der Waals surface area contributed by atoms with Crippen LogP contribution in [0.2, 0.25) is 0 Å². The fourth-order valence-corrected chi connectivity index (χ4v) is 2.11. The Bertz CT molecular complexity index is 438. The molecule has 23 heavy (non-hydrogen) atoms. The van der Waals surface area contributed by atoms with E-state index in [1.54, 1.807) is 7.05 Å². The van der Waals surface area contributed by atoms with Crippen molar-refractivity contribution >= 4 is 29.9 Å². The molecule has 132 valence electrons. The minimum absolute atomic E-state index is 0. The molecular weight excluding hydrogens is 405 g/mol. The Hall–Kier alpha value is -1.02. The highest BCUT2D eigenvalue weighted by Gasteiger charge is 2.06. The third-order valence-electron chi connectivity index (χ3n) is 3.18. The molecule has 0 unspecified atom stereocenters. The van der Waals surface area contributed by atoms with Crippen molar-refractivity contribution < 1.29 is 9.47 Å². The molecule has 0 saturated carbocycles. The quantitative estimate of drug-likeness (QED) is 0.280.